The van der Waals surface area contributed by atoms with Gasteiger partial charge in [-0.1, -0.05) is 80.6 Å². The molecule has 3 N–H and O–H groups in total. The number of thiazole rings is 1. The lowest BCUT2D eigenvalue weighted by molar-refractivity contribution is 0.0997. The van der Waals surface area contributed by atoms with Crippen molar-refractivity contribution in [3.8, 4) is 22.1 Å². The third kappa shape index (κ3) is 4.63. The third-order valence-electron chi connectivity index (χ3n) is 4.81. The largest absolute Gasteiger partial charge is 0.437 e. The fourth-order valence-corrected chi connectivity index (χ4v) is 4.28. The number of benzene rings is 2. The molecule has 0 radical (unpaired) electrons. The smallest absolute Gasteiger partial charge is 0.268 e. The summed E-state index contributed by atoms with van der Waals surface area (Å²) in [4.78, 5) is 21.6. The monoisotopic (exact) mass is 444 g/mol. The van der Waals surface area contributed by atoms with Crippen LogP contribution < -0.4 is 15.8 Å². The first-order valence-corrected chi connectivity index (χ1v) is 11.0. The van der Waals surface area contributed by atoms with Gasteiger partial charge in [0.15, 0.2) is 5.13 Å². The molecule has 6 nitrogen and oxygen atoms in total. The van der Waals surface area contributed by atoms with Crippen LogP contribution in [0.4, 0.5) is 10.8 Å². The van der Waals surface area contributed by atoms with Crippen molar-refractivity contribution in [2.24, 2.45) is 5.73 Å². The number of nitrogens with one attached hydrogen (secondary N) is 1. The molecular weight excluding hydrogens is 420 g/mol. The van der Waals surface area contributed by atoms with Crippen molar-refractivity contribution in [3.63, 3.8) is 0 Å². The van der Waals surface area contributed by atoms with Crippen LogP contribution in [0.3, 0.4) is 0 Å². The van der Waals surface area contributed by atoms with Crippen LogP contribution >= 0.6 is 11.3 Å². The minimum Gasteiger partial charge on any atom is -0.437 e. The Bertz CT molecular complexity index is 1250. The molecule has 2 aromatic heterocycles. The van der Waals surface area contributed by atoms with E-state index in [0.29, 0.717) is 21.6 Å². The van der Waals surface area contributed by atoms with Crippen LogP contribution in [-0.4, -0.2) is 15.9 Å². The molecule has 0 aliphatic carbocycles. The Labute approximate surface area is 191 Å². The Morgan fingerprint density at radius 3 is 2.44 bits per heavy atom. The normalized spacial score (nSPS) is 11.2. The predicted octanol–water partition coefficient (Wildman–Crippen LogP) is 6.14. The molecule has 0 spiro atoms. The van der Waals surface area contributed by atoms with Crippen LogP contribution in [-0.2, 0) is 5.41 Å². The molecule has 32 heavy (non-hydrogen) atoms. The van der Waals surface area contributed by atoms with Gasteiger partial charge in [-0.05, 0) is 29.2 Å². The Kier molecular flexibility index (Phi) is 5.92. The highest BCUT2D eigenvalue weighted by atomic mass is 32.1. The second-order valence-electron chi connectivity index (χ2n) is 8.26. The van der Waals surface area contributed by atoms with E-state index in [9.17, 15) is 4.79 Å². The molecule has 0 saturated carbocycles. The summed E-state index contributed by atoms with van der Waals surface area (Å²) in [5.41, 5.74) is 8.33. The average molecular weight is 445 g/mol. The second kappa shape index (κ2) is 8.80. The Morgan fingerprint density at radius 1 is 1.00 bits per heavy atom. The molecule has 4 aromatic rings. The molecular formula is C25H24N4O2S. The van der Waals surface area contributed by atoms with Crippen LogP contribution in [0.2, 0.25) is 0 Å². The van der Waals surface area contributed by atoms with E-state index in [2.05, 4.69) is 42.1 Å². The molecule has 1 amide bonds. The molecule has 0 saturated heterocycles. The summed E-state index contributed by atoms with van der Waals surface area (Å²) in [6, 6.07) is 21.2. The topological polar surface area (TPSA) is 90.1 Å². The van der Waals surface area contributed by atoms with E-state index >= 15 is 0 Å². The quantitative estimate of drug-likeness (QED) is 0.373. The van der Waals surface area contributed by atoms with Gasteiger partial charge in [0.2, 0.25) is 5.88 Å². The number of pyridine rings is 1. The highest BCUT2D eigenvalue weighted by Crippen LogP contribution is 2.38. The van der Waals surface area contributed by atoms with Crippen molar-refractivity contribution < 1.29 is 9.53 Å². The van der Waals surface area contributed by atoms with E-state index in [1.165, 1.54) is 11.3 Å². The van der Waals surface area contributed by atoms with Gasteiger partial charge >= 0.3 is 0 Å². The van der Waals surface area contributed by atoms with Gasteiger partial charge in [-0.15, -0.1) is 0 Å². The maximum Gasteiger partial charge on any atom is 0.268 e. The van der Waals surface area contributed by atoms with Crippen LogP contribution in [0.25, 0.3) is 10.4 Å². The number of nitrogens with zero attached hydrogens (tertiary/aromatic N) is 2. The number of rotatable bonds is 6. The zero-order valence-corrected chi connectivity index (χ0v) is 18.9. The number of nitrogens with two attached hydrogens (primary N) is 1. The second-order valence-corrected chi connectivity index (χ2v) is 9.26. The molecule has 2 heterocycles. The molecule has 0 aliphatic rings. The number of anilines is 2. The van der Waals surface area contributed by atoms with Crippen LogP contribution in [0.5, 0.6) is 11.6 Å². The van der Waals surface area contributed by atoms with Gasteiger partial charge in [-0.2, -0.15) is 0 Å². The van der Waals surface area contributed by atoms with E-state index < -0.39 is 5.91 Å². The molecule has 0 bridgehead atoms. The van der Waals surface area contributed by atoms with Crippen LogP contribution in [0.1, 0.15) is 36.8 Å². The van der Waals surface area contributed by atoms with E-state index in [4.69, 9.17) is 10.5 Å². The van der Waals surface area contributed by atoms with Crippen LogP contribution in [0.15, 0.2) is 72.9 Å². The third-order valence-corrected chi connectivity index (χ3v) is 5.83. The molecule has 2 aromatic carbocycles. The zero-order chi connectivity index (χ0) is 22.7. The summed E-state index contributed by atoms with van der Waals surface area (Å²) in [7, 11) is 0. The summed E-state index contributed by atoms with van der Waals surface area (Å²) in [5, 5.41) is 3.78. The predicted molar refractivity (Wildman–Crippen MR) is 129 cm³/mol. The number of ether oxygens (including phenoxy) is 1. The molecule has 0 atom stereocenters. The molecule has 0 unspecified atom stereocenters. The Balaban J connectivity index is 1.68. The fourth-order valence-electron chi connectivity index (χ4n) is 3.29. The number of amides is 1. The number of carbonyl (C=O) groups is 1. The molecule has 4 rings (SSSR count). The van der Waals surface area contributed by atoms with Crippen molar-refractivity contribution >= 4 is 28.1 Å². The standard InChI is InChI=1S/C25H24N4O2S/c1-25(2,3)17-12-7-8-14-19(17)31-23-18(13-9-15-27-23)28-24-29-20(22(26)30)21(32-24)16-10-5-4-6-11-16/h4-15H,1-3H3,(H2,26,30)(H,28,29). The molecule has 7 heteroatoms. The number of para-hydroxylation sites is 1. The van der Waals surface area contributed by atoms with Crippen molar-refractivity contribution in [3.05, 3.63) is 84.2 Å². The summed E-state index contributed by atoms with van der Waals surface area (Å²) >= 11 is 1.35. The van der Waals surface area contributed by atoms with Gasteiger partial charge in [0.05, 0.1) is 4.88 Å². The van der Waals surface area contributed by atoms with Gasteiger partial charge < -0.3 is 15.8 Å². The lowest BCUT2D eigenvalue weighted by Crippen LogP contribution is -2.13. The zero-order valence-electron chi connectivity index (χ0n) is 18.1. The molecule has 0 fully saturated rings. The molecule has 0 aliphatic heterocycles. The van der Waals surface area contributed by atoms with E-state index in [-0.39, 0.29) is 11.1 Å². The van der Waals surface area contributed by atoms with Gasteiger partial charge in [0, 0.05) is 11.8 Å². The number of hydrogen-bond donors (Lipinski definition) is 2. The lowest BCUT2D eigenvalue weighted by atomic mass is 9.86. The van der Waals surface area contributed by atoms with Gasteiger partial charge in [0.1, 0.15) is 17.1 Å². The van der Waals surface area contributed by atoms with Crippen LogP contribution in [0, 0.1) is 0 Å². The highest BCUT2D eigenvalue weighted by molar-refractivity contribution is 7.19. The summed E-state index contributed by atoms with van der Waals surface area (Å²) in [5.74, 6) is 0.583. The van der Waals surface area contributed by atoms with E-state index in [0.717, 1.165) is 16.9 Å². The Morgan fingerprint density at radius 2 is 1.72 bits per heavy atom. The maximum atomic E-state index is 12.0. The first kappa shape index (κ1) is 21.5. The fraction of sp³-hybridized carbons (Fsp3) is 0.160. The maximum absolute atomic E-state index is 12.0. The van der Waals surface area contributed by atoms with Crippen molar-refractivity contribution in [1.29, 1.82) is 0 Å². The SMILES string of the molecule is CC(C)(C)c1ccccc1Oc1ncccc1Nc1nc(C(N)=O)c(-c2ccccc2)s1. The first-order chi connectivity index (χ1) is 15.3. The number of carbonyl (C=O) groups excluding carboxylic acids is 1. The Hall–Kier alpha value is -3.71. The number of primary amides is 1. The minimum absolute atomic E-state index is 0.0880. The minimum atomic E-state index is -0.574. The molecule has 162 valence electrons. The summed E-state index contributed by atoms with van der Waals surface area (Å²) < 4.78 is 6.22. The number of aromatic nitrogens is 2. The van der Waals surface area contributed by atoms with Gasteiger partial charge in [-0.3, -0.25) is 4.79 Å². The summed E-state index contributed by atoms with van der Waals surface area (Å²) in [6.45, 7) is 6.41. The summed E-state index contributed by atoms with van der Waals surface area (Å²) in [6.07, 6.45) is 1.67. The van der Waals surface area contributed by atoms with Gasteiger partial charge in [0.25, 0.3) is 5.91 Å². The first-order valence-electron chi connectivity index (χ1n) is 10.2. The van der Waals surface area contributed by atoms with Gasteiger partial charge in [-0.25, -0.2) is 9.97 Å². The average Bonchev–Trinajstić information content (AvgIpc) is 3.20. The number of hydrogen-bond acceptors (Lipinski definition) is 6. The van der Waals surface area contributed by atoms with Crippen molar-refractivity contribution in [1.82, 2.24) is 9.97 Å². The van der Waals surface area contributed by atoms with E-state index in [1.807, 2.05) is 60.7 Å². The lowest BCUT2D eigenvalue weighted by Gasteiger charge is -2.22. The van der Waals surface area contributed by atoms with Crippen molar-refractivity contribution in [2.75, 3.05) is 5.32 Å². The highest BCUT2D eigenvalue weighted by Gasteiger charge is 2.21. The van der Waals surface area contributed by atoms with Crippen molar-refractivity contribution in [2.45, 2.75) is 26.2 Å². The van der Waals surface area contributed by atoms with E-state index in [1.54, 1.807) is 6.20 Å².